The summed E-state index contributed by atoms with van der Waals surface area (Å²) in [6, 6.07) is 0. The van der Waals surface area contributed by atoms with Crippen LogP contribution in [-0.4, -0.2) is 33.3 Å². The molecule has 88 valence electrons. The van der Waals surface area contributed by atoms with Crippen LogP contribution in [0.3, 0.4) is 0 Å². The second-order valence-corrected chi connectivity index (χ2v) is 4.23. The van der Waals surface area contributed by atoms with Gasteiger partial charge >= 0.3 is 11.7 Å². The molecule has 0 bridgehead atoms. The van der Waals surface area contributed by atoms with Gasteiger partial charge in [-0.3, -0.25) is 0 Å². The first-order valence-corrected chi connectivity index (χ1v) is 5.72. The summed E-state index contributed by atoms with van der Waals surface area (Å²) in [5.74, 6) is -0.441. The molecule has 0 atom stereocenters. The van der Waals surface area contributed by atoms with Gasteiger partial charge < -0.3 is 15.8 Å². The van der Waals surface area contributed by atoms with Gasteiger partial charge in [0, 0.05) is 11.4 Å². The third kappa shape index (κ3) is 3.07. The zero-order valence-electron chi connectivity index (χ0n) is 8.82. The van der Waals surface area contributed by atoms with Gasteiger partial charge in [0.1, 0.15) is 10.6 Å². The molecule has 0 aromatic carbocycles. The molecule has 0 aliphatic carbocycles. The van der Waals surface area contributed by atoms with Gasteiger partial charge in [0.2, 0.25) is 0 Å². The molecule has 0 spiro atoms. The lowest BCUT2D eigenvalue weighted by Gasteiger charge is -2.06. The number of hydrogen-bond acceptors (Lipinski definition) is 5. The monoisotopic (exact) mass is 243 g/mol. The molecule has 0 amide bonds. The minimum atomic E-state index is -1.09. The molecule has 0 aliphatic heterocycles. The van der Waals surface area contributed by atoms with Crippen molar-refractivity contribution in [2.24, 2.45) is 5.73 Å². The van der Waals surface area contributed by atoms with Crippen molar-refractivity contribution < 1.29 is 9.90 Å². The van der Waals surface area contributed by atoms with E-state index in [-0.39, 0.29) is 10.6 Å². The third-order valence-electron chi connectivity index (χ3n) is 1.89. The van der Waals surface area contributed by atoms with Gasteiger partial charge in [-0.25, -0.2) is 9.59 Å². The molecular formula is C9H13N3O3S. The van der Waals surface area contributed by atoms with Crippen LogP contribution in [0.1, 0.15) is 22.5 Å². The Hall–Kier alpha value is -1.34. The zero-order chi connectivity index (χ0) is 12.1. The molecule has 16 heavy (non-hydrogen) atoms. The summed E-state index contributed by atoms with van der Waals surface area (Å²) in [5, 5.41) is 9.25. The molecule has 0 saturated heterocycles. The van der Waals surface area contributed by atoms with E-state index in [1.165, 1.54) is 11.8 Å². The van der Waals surface area contributed by atoms with Gasteiger partial charge in [0.05, 0.1) is 0 Å². The largest absolute Gasteiger partial charge is 0.478 e. The maximum Gasteiger partial charge on any atom is 0.346 e. The quantitative estimate of drug-likeness (QED) is 0.387. The minimum absolute atomic E-state index is 0.0571. The number of nitrogens with two attached hydrogens (primary N) is 1. The predicted octanol–water partition coefficient (Wildman–Crippen LogP) is 0.217. The van der Waals surface area contributed by atoms with Gasteiger partial charge in [-0.05, 0) is 19.9 Å². The Kier molecular flexibility index (Phi) is 4.51. The molecule has 7 heteroatoms. The summed E-state index contributed by atoms with van der Waals surface area (Å²) in [6.07, 6.45) is 0.747. The average molecular weight is 243 g/mol. The van der Waals surface area contributed by atoms with Crippen molar-refractivity contribution in [2.75, 3.05) is 12.3 Å². The number of rotatable bonds is 5. The molecular weight excluding hydrogens is 230 g/mol. The van der Waals surface area contributed by atoms with Gasteiger partial charge in [-0.2, -0.15) is 4.98 Å². The van der Waals surface area contributed by atoms with Crippen molar-refractivity contribution in [1.82, 2.24) is 9.97 Å². The van der Waals surface area contributed by atoms with E-state index in [1.807, 2.05) is 0 Å². The standard InChI is InChI=1S/C9H13N3O3S/c1-5-6(8(13)14)7(12-9(15)11-5)16-4-2-3-10/h2-4,10H2,1H3,(H,13,14)(H,11,12,15). The Balaban J connectivity index is 3.04. The van der Waals surface area contributed by atoms with E-state index in [0.717, 1.165) is 6.42 Å². The van der Waals surface area contributed by atoms with Crippen molar-refractivity contribution in [1.29, 1.82) is 0 Å². The van der Waals surface area contributed by atoms with Crippen LogP contribution < -0.4 is 11.4 Å². The summed E-state index contributed by atoms with van der Waals surface area (Å²) in [6.45, 7) is 2.07. The zero-order valence-corrected chi connectivity index (χ0v) is 9.63. The van der Waals surface area contributed by atoms with Crippen molar-refractivity contribution in [3.05, 3.63) is 21.7 Å². The SMILES string of the molecule is Cc1[nH]c(=O)nc(SCCCN)c1C(=O)O. The number of aromatic nitrogens is 2. The van der Waals surface area contributed by atoms with E-state index in [1.54, 1.807) is 6.92 Å². The Morgan fingerprint density at radius 2 is 2.31 bits per heavy atom. The normalized spacial score (nSPS) is 10.4. The van der Waals surface area contributed by atoms with E-state index in [9.17, 15) is 9.59 Å². The van der Waals surface area contributed by atoms with Crippen molar-refractivity contribution in [3.63, 3.8) is 0 Å². The topological polar surface area (TPSA) is 109 Å². The molecule has 1 rings (SSSR count). The first-order valence-electron chi connectivity index (χ1n) is 4.73. The lowest BCUT2D eigenvalue weighted by atomic mass is 10.2. The van der Waals surface area contributed by atoms with Crippen LogP contribution in [0.2, 0.25) is 0 Å². The van der Waals surface area contributed by atoms with Crippen LogP contribution in [0, 0.1) is 6.92 Å². The molecule has 0 fully saturated rings. The molecule has 1 aromatic rings. The first kappa shape index (κ1) is 12.7. The average Bonchev–Trinajstić information content (AvgIpc) is 2.16. The molecule has 6 nitrogen and oxygen atoms in total. The fourth-order valence-corrected chi connectivity index (χ4v) is 2.20. The highest BCUT2D eigenvalue weighted by Gasteiger charge is 2.16. The first-order chi connectivity index (χ1) is 7.56. The summed E-state index contributed by atoms with van der Waals surface area (Å²) < 4.78 is 0. The van der Waals surface area contributed by atoms with Crippen LogP contribution in [0.15, 0.2) is 9.82 Å². The summed E-state index contributed by atoms with van der Waals surface area (Å²) in [5.41, 5.74) is 5.18. The number of aromatic amines is 1. The highest BCUT2D eigenvalue weighted by molar-refractivity contribution is 7.99. The Labute approximate surface area is 96.3 Å². The van der Waals surface area contributed by atoms with Crippen LogP contribution >= 0.6 is 11.8 Å². The van der Waals surface area contributed by atoms with Gasteiger partial charge in [-0.1, -0.05) is 0 Å². The number of hydrogen-bond donors (Lipinski definition) is 3. The van der Waals surface area contributed by atoms with Gasteiger partial charge in [-0.15, -0.1) is 11.8 Å². The van der Waals surface area contributed by atoms with Gasteiger partial charge in [0.25, 0.3) is 0 Å². The maximum absolute atomic E-state index is 11.1. The minimum Gasteiger partial charge on any atom is -0.478 e. The summed E-state index contributed by atoms with van der Waals surface area (Å²) in [7, 11) is 0. The number of carboxylic acid groups (broad SMARTS) is 1. The summed E-state index contributed by atoms with van der Waals surface area (Å²) >= 11 is 1.24. The number of aromatic carboxylic acids is 1. The lowest BCUT2D eigenvalue weighted by Crippen LogP contribution is -2.18. The number of aryl methyl sites for hydroxylation is 1. The predicted molar refractivity (Wildman–Crippen MR) is 60.9 cm³/mol. The van der Waals surface area contributed by atoms with Gasteiger partial charge in [0.15, 0.2) is 0 Å². The number of H-pyrrole nitrogens is 1. The highest BCUT2D eigenvalue weighted by Crippen LogP contribution is 2.21. The fraction of sp³-hybridized carbons (Fsp3) is 0.444. The van der Waals surface area contributed by atoms with Crippen LogP contribution in [0.4, 0.5) is 0 Å². The number of nitrogens with one attached hydrogen (secondary N) is 1. The molecule has 0 aliphatic rings. The lowest BCUT2D eigenvalue weighted by molar-refractivity contribution is 0.0690. The number of nitrogens with zero attached hydrogens (tertiary/aromatic N) is 1. The molecule has 4 N–H and O–H groups in total. The van der Waals surface area contributed by atoms with E-state index in [2.05, 4.69) is 9.97 Å². The van der Waals surface area contributed by atoms with Crippen LogP contribution in [0.5, 0.6) is 0 Å². The van der Waals surface area contributed by atoms with Crippen molar-refractivity contribution in [3.8, 4) is 0 Å². The molecule has 1 heterocycles. The van der Waals surface area contributed by atoms with Crippen molar-refractivity contribution in [2.45, 2.75) is 18.4 Å². The Bertz CT molecular complexity index is 444. The number of carboxylic acids is 1. The van der Waals surface area contributed by atoms with E-state index < -0.39 is 11.7 Å². The maximum atomic E-state index is 11.1. The highest BCUT2D eigenvalue weighted by atomic mass is 32.2. The summed E-state index contributed by atoms with van der Waals surface area (Å²) in [4.78, 5) is 28.1. The smallest absolute Gasteiger partial charge is 0.346 e. The van der Waals surface area contributed by atoms with Crippen LogP contribution in [0.25, 0.3) is 0 Å². The molecule has 0 unspecified atom stereocenters. The third-order valence-corrected chi connectivity index (χ3v) is 2.95. The Morgan fingerprint density at radius 3 is 2.88 bits per heavy atom. The number of carbonyl (C=O) groups is 1. The second-order valence-electron chi connectivity index (χ2n) is 3.14. The second kappa shape index (κ2) is 5.66. The van der Waals surface area contributed by atoms with Crippen LogP contribution in [-0.2, 0) is 0 Å². The van der Waals surface area contributed by atoms with Crippen molar-refractivity contribution >= 4 is 17.7 Å². The fourth-order valence-electron chi connectivity index (χ4n) is 1.17. The molecule has 1 aromatic heterocycles. The Morgan fingerprint density at radius 1 is 1.62 bits per heavy atom. The molecule has 0 saturated carbocycles. The van der Waals surface area contributed by atoms with E-state index >= 15 is 0 Å². The molecule has 0 radical (unpaired) electrons. The van der Waals surface area contributed by atoms with E-state index in [4.69, 9.17) is 10.8 Å². The number of thioether (sulfide) groups is 1. The van der Waals surface area contributed by atoms with E-state index in [0.29, 0.717) is 18.0 Å².